The molecule has 0 unspecified atom stereocenters. The van der Waals surface area contributed by atoms with Gasteiger partial charge in [0.15, 0.2) is 0 Å². The molecule has 1 heterocycles. The van der Waals surface area contributed by atoms with Crippen LogP contribution in [0.4, 0.5) is 4.39 Å². The Morgan fingerprint density at radius 1 is 1.38 bits per heavy atom. The van der Waals surface area contributed by atoms with Gasteiger partial charge in [-0.05, 0) is 36.8 Å². The molecular formula is C12H10FNO2. The van der Waals surface area contributed by atoms with E-state index in [9.17, 15) is 9.18 Å². The second-order valence-electron chi connectivity index (χ2n) is 3.52. The first-order valence-electron chi connectivity index (χ1n) is 4.77. The fourth-order valence-electron chi connectivity index (χ4n) is 1.57. The second kappa shape index (κ2) is 3.81. The van der Waals surface area contributed by atoms with Crippen LogP contribution in [0, 0.1) is 12.7 Å². The topological polar surface area (TPSA) is 42.2 Å². The zero-order valence-electron chi connectivity index (χ0n) is 8.64. The molecule has 0 aliphatic rings. The maximum Gasteiger partial charge on any atom is 0.352 e. The summed E-state index contributed by atoms with van der Waals surface area (Å²) in [6.07, 6.45) is 1.53. The Labute approximate surface area is 91.8 Å². The van der Waals surface area contributed by atoms with Crippen LogP contribution in [-0.2, 0) is 0 Å². The van der Waals surface area contributed by atoms with Gasteiger partial charge in [-0.3, -0.25) is 0 Å². The van der Waals surface area contributed by atoms with Gasteiger partial charge >= 0.3 is 5.97 Å². The molecule has 1 N–H and O–H groups in total. The van der Waals surface area contributed by atoms with Gasteiger partial charge in [-0.2, -0.15) is 0 Å². The van der Waals surface area contributed by atoms with Gasteiger partial charge < -0.3 is 9.67 Å². The summed E-state index contributed by atoms with van der Waals surface area (Å²) in [7, 11) is 0. The van der Waals surface area contributed by atoms with Crippen LogP contribution < -0.4 is 0 Å². The van der Waals surface area contributed by atoms with Crippen molar-refractivity contribution in [3.63, 3.8) is 0 Å². The van der Waals surface area contributed by atoms with E-state index in [2.05, 4.69) is 0 Å². The minimum atomic E-state index is -1.08. The number of rotatable bonds is 2. The molecule has 82 valence electrons. The lowest BCUT2D eigenvalue weighted by atomic mass is 10.2. The van der Waals surface area contributed by atoms with E-state index in [0.29, 0.717) is 0 Å². The van der Waals surface area contributed by atoms with Crippen LogP contribution in [0.3, 0.4) is 0 Å². The Morgan fingerprint density at radius 3 is 2.81 bits per heavy atom. The molecule has 0 amide bonds. The maximum absolute atomic E-state index is 13.6. The molecule has 0 fully saturated rings. The molecule has 1 aromatic carbocycles. The number of carboxylic acid groups (broad SMARTS) is 1. The summed E-state index contributed by atoms with van der Waals surface area (Å²) in [5, 5.41) is 8.93. The molecule has 2 aromatic rings. The average molecular weight is 219 g/mol. The van der Waals surface area contributed by atoms with Gasteiger partial charge in [0.2, 0.25) is 0 Å². The summed E-state index contributed by atoms with van der Waals surface area (Å²) in [6, 6.07) is 7.59. The number of nitrogens with zero attached hydrogens (tertiary/aromatic N) is 1. The van der Waals surface area contributed by atoms with E-state index in [0.717, 1.165) is 5.56 Å². The van der Waals surface area contributed by atoms with Crippen molar-refractivity contribution in [3.8, 4) is 5.69 Å². The van der Waals surface area contributed by atoms with Crippen LogP contribution >= 0.6 is 0 Å². The van der Waals surface area contributed by atoms with Crippen LogP contribution in [0.25, 0.3) is 5.69 Å². The summed E-state index contributed by atoms with van der Waals surface area (Å²) in [5.41, 5.74) is 1.17. The monoisotopic (exact) mass is 219 g/mol. The van der Waals surface area contributed by atoms with E-state index >= 15 is 0 Å². The van der Waals surface area contributed by atoms with E-state index in [1.54, 1.807) is 18.2 Å². The Balaban J connectivity index is 2.62. The fourth-order valence-corrected chi connectivity index (χ4v) is 1.57. The molecule has 0 saturated heterocycles. The standard InChI is InChI=1S/C12H10FNO2/c1-8-4-5-9(13)11(7-8)14-6-2-3-10(14)12(15)16/h2-7H,1H3,(H,15,16). The van der Waals surface area contributed by atoms with E-state index in [4.69, 9.17) is 5.11 Å². The normalized spacial score (nSPS) is 10.4. The highest BCUT2D eigenvalue weighted by atomic mass is 19.1. The second-order valence-corrected chi connectivity index (χ2v) is 3.52. The minimum absolute atomic E-state index is 0.0458. The number of benzene rings is 1. The number of halogens is 1. The van der Waals surface area contributed by atoms with Crippen molar-refractivity contribution >= 4 is 5.97 Å². The lowest BCUT2D eigenvalue weighted by Crippen LogP contribution is -2.07. The quantitative estimate of drug-likeness (QED) is 0.843. The maximum atomic E-state index is 13.6. The fraction of sp³-hybridized carbons (Fsp3) is 0.0833. The van der Waals surface area contributed by atoms with Gasteiger partial charge in [-0.25, -0.2) is 9.18 Å². The zero-order chi connectivity index (χ0) is 11.7. The van der Waals surface area contributed by atoms with Crippen molar-refractivity contribution in [1.82, 2.24) is 4.57 Å². The smallest absolute Gasteiger partial charge is 0.352 e. The molecule has 0 radical (unpaired) electrons. The van der Waals surface area contributed by atoms with Gasteiger partial charge in [-0.1, -0.05) is 6.07 Å². The third-order valence-electron chi connectivity index (χ3n) is 2.33. The van der Waals surface area contributed by atoms with Crippen LogP contribution in [0.15, 0.2) is 36.5 Å². The number of carboxylic acids is 1. The Kier molecular flexibility index (Phi) is 2.48. The first-order chi connectivity index (χ1) is 7.59. The van der Waals surface area contributed by atoms with E-state index < -0.39 is 11.8 Å². The van der Waals surface area contributed by atoms with Gasteiger partial charge in [0.1, 0.15) is 11.5 Å². The van der Waals surface area contributed by atoms with Crippen molar-refractivity contribution in [2.24, 2.45) is 0 Å². The summed E-state index contributed by atoms with van der Waals surface area (Å²) in [5.74, 6) is -1.52. The third kappa shape index (κ3) is 1.69. The zero-order valence-corrected chi connectivity index (χ0v) is 8.64. The van der Waals surface area contributed by atoms with Crippen molar-refractivity contribution in [3.05, 3.63) is 53.6 Å². The summed E-state index contributed by atoms with van der Waals surface area (Å²) in [6.45, 7) is 1.83. The number of aromatic carboxylic acids is 1. The molecular weight excluding hydrogens is 209 g/mol. The molecule has 0 bridgehead atoms. The van der Waals surface area contributed by atoms with Gasteiger partial charge in [0, 0.05) is 6.20 Å². The van der Waals surface area contributed by atoms with Crippen molar-refractivity contribution in [2.45, 2.75) is 6.92 Å². The van der Waals surface area contributed by atoms with Crippen LogP contribution in [0.1, 0.15) is 16.1 Å². The van der Waals surface area contributed by atoms with E-state index in [1.165, 1.54) is 22.9 Å². The van der Waals surface area contributed by atoms with Crippen molar-refractivity contribution in [1.29, 1.82) is 0 Å². The van der Waals surface area contributed by atoms with Crippen LogP contribution in [0.2, 0.25) is 0 Å². The predicted octanol–water partition coefficient (Wildman–Crippen LogP) is 2.62. The molecule has 4 heteroatoms. The molecule has 0 aliphatic carbocycles. The Morgan fingerprint density at radius 2 is 2.12 bits per heavy atom. The highest BCUT2D eigenvalue weighted by Crippen LogP contribution is 2.18. The van der Waals surface area contributed by atoms with Crippen molar-refractivity contribution in [2.75, 3.05) is 0 Å². The molecule has 0 atom stereocenters. The Bertz CT molecular complexity index is 546. The van der Waals surface area contributed by atoms with Gasteiger partial charge in [-0.15, -0.1) is 0 Å². The lowest BCUT2D eigenvalue weighted by Gasteiger charge is -2.08. The number of aryl methyl sites for hydroxylation is 1. The Hall–Kier alpha value is -2.10. The first kappa shape index (κ1) is 10.4. The average Bonchev–Trinajstić information content (AvgIpc) is 2.70. The highest BCUT2D eigenvalue weighted by molar-refractivity contribution is 5.86. The van der Waals surface area contributed by atoms with Crippen LogP contribution in [-0.4, -0.2) is 15.6 Å². The molecule has 3 nitrogen and oxygen atoms in total. The van der Waals surface area contributed by atoms with Crippen molar-refractivity contribution < 1.29 is 14.3 Å². The molecule has 16 heavy (non-hydrogen) atoms. The predicted molar refractivity (Wildman–Crippen MR) is 57.4 cm³/mol. The van der Waals surface area contributed by atoms with Crippen LogP contribution in [0.5, 0.6) is 0 Å². The largest absolute Gasteiger partial charge is 0.477 e. The summed E-state index contributed by atoms with van der Waals surface area (Å²) >= 11 is 0. The highest BCUT2D eigenvalue weighted by Gasteiger charge is 2.12. The molecule has 1 aromatic heterocycles. The molecule has 0 spiro atoms. The van der Waals surface area contributed by atoms with E-state index in [-0.39, 0.29) is 11.4 Å². The molecule has 0 saturated carbocycles. The minimum Gasteiger partial charge on any atom is -0.477 e. The summed E-state index contributed by atoms with van der Waals surface area (Å²) < 4.78 is 14.9. The number of aromatic nitrogens is 1. The molecule has 2 rings (SSSR count). The number of hydrogen-bond donors (Lipinski definition) is 1. The summed E-state index contributed by atoms with van der Waals surface area (Å²) in [4.78, 5) is 10.9. The SMILES string of the molecule is Cc1ccc(F)c(-n2cccc2C(=O)O)c1. The number of hydrogen-bond acceptors (Lipinski definition) is 1. The van der Waals surface area contributed by atoms with E-state index in [1.807, 2.05) is 6.92 Å². The lowest BCUT2D eigenvalue weighted by molar-refractivity contribution is 0.0688. The third-order valence-corrected chi connectivity index (χ3v) is 2.33. The van der Waals surface area contributed by atoms with Gasteiger partial charge in [0.05, 0.1) is 5.69 Å². The first-order valence-corrected chi connectivity index (χ1v) is 4.77. The number of carbonyl (C=O) groups is 1. The molecule has 0 aliphatic heterocycles. The van der Waals surface area contributed by atoms with Gasteiger partial charge in [0.25, 0.3) is 0 Å².